The van der Waals surface area contributed by atoms with Gasteiger partial charge in [-0.2, -0.15) is 5.10 Å². The number of rotatable bonds is 6. The van der Waals surface area contributed by atoms with Crippen LogP contribution in [0.25, 0.3) is 0 Å². The first-order chi connectivity index (χ1) is 12.2. The maximum absolute atomic E-state index is 13.4. The van der Waals surface area contributed by atoms with E-state index < -0.39 is 28.3 Å². The second kappa shape index (κ2) is 8.58. The molecular formula is C17H17FIN3O3S. The Balaban J connectivity index is 2.14. The minimum atomic E-state index is -3.77. The molecule has 2 aromatic rings. The Hall–Kier alpha value is -2.01. The van der Waals surface area contributed by atoms with Crippen LogP contribution >= 0.6 is 22.6 Å². The molecule has 2 aromatic carbocycles. The fourth-order valence-electron chi connectivity index (χ4n) is 2.12. The molecule has 6 nitrogen and oxygen atoms in total. The van der Waals surface area contributed by atoms with E-state index >= 15 is 0 Å². The normalized spacial score (nSPS) is 11.9. The maximum Gasteiger partial charge on any atom is 0.260 e. The average molecular weight is 489 g/mol. The minimum Gasteiger partial charge on any atom is -0.271 e. The average Bonchev–Trinajstić information content (AvgIpc) is 2.56. The zero-order valence-electron chi connectivity index (χ0n) is 14.1. The first-order valence-corrected chi connectivity index (χ1v) is 10.4. The lowest BCUT2D eigenvalue weighted by Gasteiger charge is -2.21. The van der Waals surface area contributed by atoms with Crippen LogP contribution in [0.4, 0.5) is 10.1 Å². The van der Waals surface area contributed by atoms with Gasteiger partial charge in [0, 0.05) is 3.57 Å². The van der Waals surface area contributed by atoms with Gasteiger partial charge in [0.2, 0.25) is 10.0 Å². The highest BCUT2D eigenvalue weighted by Gasteiger charge is 2.21. The number of anilines is 1. The zero-order chi connectivity index (χ0) is 19.3. The molecule has 1 amide bonds. The molecule has 0 fully saturated rings. The van der Waals surface area contributed by atoms with Crippen LogP contribution in [0.3, 0.4) is 0 Å². The lowest BCUT2D eigenvalue weighted by Crippen LogP contribution is -2.39. The Morgan fingerprint density at radius 1 is 1.23 bits per heavy atom. The van der Waals surface area contributed by atoms with Gasteiger partial charge in [0.05, 0.1) is 17.7 Å². The number of carbonyl (C=O) groups excluding carboxylic acids is 1. The number of benzene rings is 2. The number of hydrogen-bond acceptors (Lipinski definition) is 4. The summed E-state index contributed by atoms with van der Waals surface area (Å²) in [6.45, 7) is 1.22. The highest BCUT2D eigenvalue weighted by Crippen LogP contribution is 2.18. The van der Waals surface area contributed by atoms with E-state index in [0.717, 1.165) is 25.8 Å². The predicted octanol–water partition coefficient (Wildman–Crippen LogP) is 2.74. The topological polar surface area (TPSA) is 78.8 Å². The molecule has 0 atom stereocenters. The van der Waals surface area contributed by atoms with Crippen molar-refractivity contribution in [1.29, 1.82) is 0 Å². The van der Waals surface area contributed by atoms with Crippen LogP contribution in [0.15, 0.2) is 53.6 Å². The third kappa shape index (κ3) is 5.77. The summed E-state index contributed by atoms with van der Waals surface area (Å²) >= 11 is 2.17. The molecule has 1 N–H and O–H groups in total. The highest BCUT2D eigenvalue weighted by molar-refractivity contribution is 14.1. The van der Waals surface area contributed by atoms with Gasteiger partial charge in [-0.15, -0.1) is 0 Å². The van der Waals surface area contributed by atoms with Gasteiger partial charge in [-0.05, 0) is 65.4 Å². The van der Waals surface area contributed by atoms with E-state index in [1.165, 1.54) is 18.2 Å². The number of nitrogens with zero attached hydrogens (tertiary/aromatic N) is 2. The van der Waals surface area contributed by atoms with E-state index in [0.29, 0.717) is 5.71 Å². The summed E-state index contributed by atoms with van der Waals surface area (Å²) in [5.41, 5.74) is 3.82. The Morgan fingerprint density at radius 3 is 2.54 bits per heavy atom. The number of amides is 1. The van der Waals surface area contributed by atoms with Crippen molar-refractivity contribution in [1.82, 2.24) is 5.43 Å². The van der Waals surface area contributed by atoms with E-state index in [-0.39, 0.29) is 5.69 Å². The van der Waals surface area contributed by atoms with E-state index in [9.17, 15) is 17.6 Å². The number of hydrazone groups is 1. The van der Waals surface area contributed by atoms with Crippen molar-refractivity contribution in [2.75, 3.05) is 17.1 Å². The molecule has 2 rings (SSSR count). The van der Waals surface area contributed by atoms with E-state index in [4.69, 9.17) is 0 Å². The second-order valence-electron chi connectivity index (χ2n) is 5.49. The van der Waals surface area contributed by atoms with Gasteiger partial charge in [0.15, 0.2) is 0 Å². The molecule has 0 aromatic heterocycles. The Kier molecular flexibility index (Phi) is 6.70. The van der Waals surface area contributed by atoms with Crippen molar-refractivity contribution in [2.45, 2.75) is 6.92 Å². The maximum atomic E-state index is 13.4. The summed E-state index contributed by atoms with van der Waals surface area (Å²) in [6, 6.07) is 12.6. The molecule has 0 aliphatic rings. The molecule has 0 aliphatic carbocycles. The summed E-state index contributed by atoms with van der Waals surface area (Å²) in [6.07, 6.45) is 0.950. The molecule has 26 heavy (non-hydrogen) atoms. The van der Waals surface area contributed by atoms with Gasteiger partial charge >= 0.3 is 0 Å². The molecule has 0 saturated heterocycles. The van der Waals surface area contributed by atoms with Crippen molar-refractivity contribution in [3.05, 3.63) is 63.5 Å². The molecule has 0 unspecified atom stereocenters. The smallest absolute Gasteiger partial charge is 0.260 e. The van der Waals surface area contributed by atoms with E-state index in [1.54, 1.807) is 6.92 Å². The van der Waals surface area contributed by atoms with Gasteiger partial charge in [-0.25, -0.2) is 18.2 Å². The van der Waals surface area contributed by atoms with Crippen molar-refractivity contribution in [2.24, 2.45) is 5.10 Å². The summed E-state index contributed by atoms with van der Waals surface area (Å²) in [5, 5.41) is 4.00. The third-order valence-corrected chi connectivity index (χ3v) is 5.19. The van der Waals surface area contributed by atoms with Crippen molar-refractivity contribution in [3.8, 4) is 0 Å². The Morgan fingerprint density at radius 2 is 1.92 bits per heavy atom. The zero-order valence-corrected chi connectivity index (χ0v) is 17.1. The van der Waals surface area contributed by atoms with Crippen LogP contribution in [0.5, 0.6) is 0 Å². The van der Waals surface area contributed by atoms with Gasteiger partial charge in [-0.1, -0.05) is 18.2 Å². The molecule has 0 aliphatic heterocycles. The number of carbonyl (C=O) groups is 1. The van der Waals surface area contributed by atoms with Crippen LogP contribution in [-0.4, -0.2) is 32.8 Å². The molecular weight excluding hydrogens is 472 g/mol. The first-order valence-electron chi connectivity index (χ1n) is 7.49. The lowest BCUT2D eigenvalue weighted by atomic mass is 10.1. The number of halogens is 2. The van der Waals surface area contributed by atoms with Crippen molar-refractivity contribution < 1.29 is 17.6 Å². The molecule has 0 spiro atoms. The van der Waals surface area contributed by atoms with Crippen LogP contribution in [0.1, 0.15) is 12.5 Å². The largest absolute Gasteiger partial charge is 0.271 e. The standard InChI is InChI=1S/C17H17FIN3O3S/c1-12(13-5-3-7-15(19)9-13)20-21-17(23)11-22(26(2,24)25)16-8-4-6-14(18)10-16/h3-10H,11H2,1-2H3,(H,21,23)/b20-12-. The Bertz CT molecular complexity index is 948. The molecule has 9 heteroatoms. The quantitative estimate of drug-likeness (QED) is 0.385. The summed E-state index contributed by atoms with van der Waals surface area (Å²) in [5.74, 6) is -1.23. The fourth-order valence-corrected chi connectivity index (χ4v) is 3.51. The summed E-state index contributed by atoms with van der Waals surface area (Å²) < 4.78 is 39.2. The van der Waals surface area contributed by atoms with Crippen molar-refractivity contribution >= 4 is 49.9 Å². The molecule has 0 bridgehead atoms. The number of nitrogens with one attached hydrogen (secondary N) is 1. The van der Waals surface area contributed by atoms with E-state index in [1.807, 2.05) is 24.3 Å². The van der Waals surface area contributed by atoms with Crippen LogP contribution in [-0.2, 0) is 14.8 Å². The van der Waals surface area contributed by atoms with Crippen LogP contribution < -0.4 is 9.73 Å². The first kappa shape index (κ1) is 20.3. The fraction of sp³-hybridized carbons (Fsp3) is 0.176. The highest BCUT2D eigenvalue weighted by atomic mass is 127. The summed E-state index contributed by atoms with van der Waals surface area (Å²) in [7, 11) is -3.77. The SMILES string of the molecule is C/C(=N/NC(=O)CN(c1cccc(F)c1)S(C)(=O)=O)c1cccc(I)c1. The third-order valence-electron chi connectivity index (χ3n) is 3.37. The van der Waals surface area contributed by atoms with Crippen LogP contribution in [0, 0.1) is 9.39 Å². The molecule has 138 valence electrons. The number of sulfonamides is 1. The van der Waals surface area contributed by atoms with Gasteiger partial charge in [-0.3, -0.25) is 9.10 Å². The van der Waals surface area contributed by atoms with Crippen molar-refractivity contribution in [3.63, 3.8) is 0 Å². The monoisotopic (exact) mass is 489 g/mol. The second-order valence-corrected chi connectivity index (χ2v) is 8.64. The predicted molar refractivity (Wildman–Crippen MR) is 108 cm³/mol. The summed E-state index contributed by atoms with van der Waals surface area (Å²) in [4.78, 5) is 12.1. The van der Waals surface area contributed by atoms with Gasteiger partial charge in [0.1, 0.15) is 12.4 Å². The molecule has 0 saturated carbocycles. The Labute approximate surface area is 165 Å². The van der Waals surface area contributed by atoms with Crippen LogP contribution in [0.2, 0.25) is 0 Å². The number of hydrogen-bond donors (Lipinski definition) is 1. The molecule has 0 radical (unpaired) electrons. The lowest BCUT2D eigenvalue weighted by molar-refractivity contribution is -0.119. The van der Waals surface area contributed by atoms with E-state index in [2.05, 4.69) is 33.1 Å². The van der Waals surface area contributed by atoms with Gasteiger partial charge in [0.25, 0.3) is 5.91 Å². The molecule has 0 heterocycles. The minimum absolute atomic E-state index is 0.0703. The van der Waals surface area contributed by atoms with Gasteiger partial charge < -0.3 is 0 Å².